The Morgan fingerprint density at radius 1 is 1.26 bits per heavy atom. The largest absolute Gasteiger partial charge is 0.481 e. The molecule has 2 aromatic heterocycles. The minimum atomic E-state index is -0.532. The Morgan fingerprint density at radius 2 is 2.13 bits per heavy atom. The van der Waals surface area contributed by atoms with Crippen molar-refractivity contribution in [2.75, 3.05) is 11.9 Å². The fourth-order valence-corrected chi connectivity index (χ4v) is 1.75. The molecule has 2 heterocycles. The molecule has 0 atom stereocenters. The van der Waals surface area contributed by atoms with Gasteiger partial charge in [0.25, 0.3) is 5.91 Å². The summed E-state index contributed by atoms with van der Waals surface area (Å²) in [5.41, 5.74) is 0. The minimum absolute atomic E-state index is 0.00800. The fourth-order valence-electron chi connectivity index (χ4n) is 1.75. The van der Waals surface area contributed by atoms with Crippen LogP contribution in [0.2, 0.25) is 0 Å². The highest BCUT2D eigenvalue weighted by molar-refractivity contribution is 5.91. The van der Waals surface area contributed by atoms with Crippen LogP contribution in [0, 0.1) is 5.82 Å². The van der Waals surface area contributed by atoms with E-state index in [0.29, 0.717) is 5.82 Å². The number of anilines is 1. The van der Waals surface area contributed by atoms with Crippen molar-refractivity contribution in [1.29, 1.82) is 0 Å². The number of hydrogen-bond donors (Lipinski definition) is 1. The summed E-state index contributed by atoms with van der Waals surface area (Å²) in [5.74, 6) is -0.281. The van der Waals surface area contributed by atoms with Crippen molar-refractivity contribution in [3.05, 3.63) is 55.1 Å². The van der Waals surface area contributed by atoms with Crippen molar-refractivity contribution in [2.24, 2.45) is 0 Å². The van der Waals surface area contributed by atoms with Crippen LogP contribution in [0.5, 0.6) is 5.75 Å². The molecule has 0 radical (unpaired) electrons. The van der Waals surface area contributed by atoms with Crippen molar-refractivity contribution >= 4 is 11.7 Å². The Bertz CT molecular complexity index is 809. The van der Waals surface area contributed by atoms with Gasteiger partial charge in [-0.2, -0.15) is 5.10 Å². The van der Waals surface area contributed by atoms with Crippen LogP contribution in [0.3, 0.4) is 0 Å². The quantitative estimate of drug-likeness (QED) is 0.760. The first-order valence-corrected chi connectivity index (χ1v) is 6.56. The zero-order valence-electron chi connectivity index (χ0n) is 11.8. The lowest BCUT2D eigenvalue weighted by Crippen LogP contribution is -2.21. The standard InChI is InChI=1S/C14H11FN6O2/c15-10-3-1-2-4-11(10)23-6-14(22)20-12-5-13(18-8-17-12)21-9-16-7-19-21/h1-5,7-9H,6H2,(H,17,18,20,22). The Labute approximate surface area is 130 Å². The molecule has 8 nitrogen and oxygen atoms in total. The first-order valence-electron chi connectivity index (χ1n) is 6.56. The molecule has 3 rings (SSSR count). The van der Waals surface area contributed by atoms with Crippen LogP contribution in [0.1, 0.15) is 0 Å². The molecular weight excluding hydrogens is 303 g/mol. The maximum atomic E-state index is 13.4. The maximum absolute atomic E-state index is 13.4. The van der Waals surface area contributed by atoms with E-state index in [4.69, 9.17) is 4.74 Å². The van der Waals surface area contributed by atoms with Crippen molar-refractivity contribution in [3.8, 4) is 11.6 Å². The second kappa shape index (κ2) is 6.60. The van der Waals surface area contributed by atoms with Gasteiger partial charge < -0.3 is 10.1 Å². The van der Waals surface area contributed by atoms with Crippen molar-refractivity contribution in [3.63, 3.8) is 0 Å². The molecule has 0 saturated carbocycles. The van der Waals surface area contributed by atoms with E-state index in [-0.39, 0.29) is 18.2 Å². The van der Waals surface area contributed by atoms with Gasteiger partial charge in [0.1, 0.15) is 24.8 Å². The fraction of sp³-hybridized carbons (Fsp3) is 0.0714. The number of hydrogen-bond acceptors (Lipinski definition) is 6. The number of nitrogens with one attached hydrogen (secondary N) is 1. The van der Waals surface area contributed by atoms with E-state index in [9.17, 15) is 9.18 Å². The number of nitrogens with zero attached hydrogens (tertiary/aromatic N) is 5. The summed E-state index contributed by atoms with van der Waals surface area (Å²) in [5, 5.41) is 6.46. The summed E-state index contributed by atoms with van der Waals surface area (Å²) < 4.78 is 19.9. The molecule has 0 aliphatic carbocycles. The summed E-state index contributed by atoms with van der Waals surface area (Å²) in [7, 11) is 0. The first-order chi connectivity index (χ1) is 11.2. The number of carbonyl (C=O) groups is 1. The zero-order chi connectivity index (χ0) is 16.1. The molecule has 0 aliphatic heterocycles. The van der Waals surface area contributed by atoms with Gasteiger partial charge in [-0.05, 0) is 12.1 Å². The van der Waals surface area contributed by atoms with Crippen molar-refractivity contribution in [1.82, 2.24) is 24.7 Å². The second-order valence-electron chi connectivity index (χ2n) is 4.37. The molecule has 0 aliphatic rings. The maximum Gasteiger partial charge on any atom is 0.263 e. The molecule has 1 aromatic carbocycles. The number of aromatic nitrogens is 5. The Kier molecular flexibility index (Phi) is 4.18. The van der Waals surface area contributed by atoms with Gasteiger partial charge in [-0.25, -0.2) is 24.0 Å². The highest BCUT2D eigenvalue weighted by Gasteiger charge is 2.08. The lowest BCUT2D eigenvalue weighted by atomic mass is 10.3. The van der Waals surface area contributed by atoms with E-state index in [1.807, 2.05) is 0 Å². The van der Waals surface area contributed by atoms with Crippen LogP contribution >= 0.6 is 0 Å². The lowest BCUT2D eigenvalue weighted by Gasteiger charge is -2.08. The molecule has 0 bridgehead atoms. The number of rotatable bonds is 5. The average molecular weight is 314 g/mol. The molecule has 0 unspecified atom stereocenters. The van der Waals surface area contributed by atoms with E-state index in [1.54, 1.807) is 6.07 Å². The predicted molar refractivity (Wildman–Crippen MR) is 77.5 cm³/mol. The topological polar surface area (TPSA) is 94.8 Å². The van der Waals surface area contributed by atoms with Gasteiger partial charge in [-0.1, -0.05) is 12.1 Å². The molecule has 1 amide bonds. The molecule has 0 saturated heterocycles. The van der Waals surface area contributed by atoms with Gasteiger partial charge in [0.05, 0.1) is 0 Å². The molecule has 0 fully saturated rings. The van der Waals surface area contributed by atoms with Gasteiger partial charge in [0.15, 0.2) is 24.0 Å². The number of benzene rings is 1. The summed E-state index contributed by atoms with van der Waals surface area (Å²) in [6.45, 7) is -0.344. The van der Waals surface area contributed by atoms with Crippen LogP contribution in [0.15, 0.2) is 49.3 Å². The van der Waals surface area contributed by atoms with Gasteiger partial charge in [0, 0.05) is 6.07 Å². The number of carbonyl (C=O) groups excluding carboxylic acids is 1. The van der Waals surface area contributed by atoms with E-state index in [2.05, 4.69) is 25.4 Å². The van der Waals surface area contributed by atoms with Gasteiger partial charge >= 0.3 is 0 Å². The summed E-state index contributed by atoms with van der Waals surface area (Å²) >= 11 is 0. The molecule has 9 heteroatoms. The molecule has 0 spiro atoms. The third kappa shape index (κ3) is 3.64. The van der Waals surface area contributed by atoms with Crippen molar-refractivity contribution < 1.29 is 13.9 Å². The zero-order valence-corrected chi connectivity index (χ0v) is 11.8. The lowest BCUT2D eigenvalue weighted by molar-refractivity contribution is -0.118. The Balaban J connectivity index is 1.62. The monoisotopic (exact) mass is 314 g/mol. The van der Waals surface area contributed by atoms with Crippen molar-refractivity contribution in [2.45, 2.75) is 0 Å². The third-order valence-electron chi connectivity index (χ3n) is 2.77. The van der Waals surface area contributed by atoms with Crippen LogP contribution in [-0.2, 0) is 4.79 Å². The van der Waals surface area contributed by atoms with E-state index >= 15 is 0 Å². The van der Waals surface area contributed by atoms with Gasteiger partial charge in [-0.3, -0.25) is 4.79 Å². The number of para-hydroxylation sites is 1. The summed E-state index contributed by atoms with van der Waals surface area (Å²) in [6.07, 6.45) is 4.11. The molecule has 116 valence electrons. The molecule has 3 aromatic rings. The summed E-state index contributed by atoms with van der Waals surface area (Å²) in [4.78, 5) is 23.6. The highest BCUT2D eigenvalue weighted by Crippen LogP contribution is 2.15. The Morgan fingerprint density at radius 3 is 2.91 bits per heavy atom. The normalized spacial score (nSPS) is 10.3. The third-order valence-corrected chi connectivity index (χ3v) is 2.77. The molecule has 1 N–H and O–H groups in total. The van der Waals surface area contributed by atoms with Gasteiger partial charge in [-0.15, -0.1) is 0 Å². The number of amides is 1. The Hall–Kier alpha value is -3.36. The number of ether oxygens (including phenoxy) is 1. The minimum Gasteiger partial charge on any atom is -0.481 e. The van der Waals surface area contributed by atoms with E-state index in [1.165, 1.54) is 47.9 Å². The first kappa shape index (κ1) is 14.6. The van der Waals surface area contributed by atoms with Crippen LogP contribution in [0.4, 0.5) is 10.2 Å². The predicted octanol–water partition coefficient (Wildman–Crippen LogP) is 1.21. The second-order valence-corrected chi connectivity index (χ2v) is 4.37. The molecular formula is C14H11FN6O2. The van der Waals surface area contributed by atoms with Crippen LogP contribution in [0.25, 0.3) is 5.82 Å². The van der Waals surface area contributed by atoms with Crippen LogP contribution in [-0.4, -0.2) is 37.2 Å². The highest BCUT2D eigenvalue weighted by atomic mass is 19.1. The average Bonchev–Trinajstić information content (AvgIpc) is 3.09. The number of halogens is 1. The smallest absolute Gasteiger partial charge is 0.263 e. The SMILES string of the molecule is O=C(COc1ccccc1F)Nc1cc(-n2cncn2)ncn1. The summed E-state index contributed by atoms with van der Waals surface area (Å²) in [6, 6.07) is 7.37. The van der Waals surface area contributed by atoms with E-state index in [0.717, 1.165) is 0 Å². The molecule has 23 heavy (non-hydrogen) atoms. The van der Waals surface area contributed by atoms with E-state index < -0.39 is 11.7 Å². The van der Waals surface area contributed by atoms with Gasteiger partial charge in [0.2, 0.25) is 0 Å². The van der Waals surface area contributed by atoms with Crippen LogP contribution < -0.4 is 10.1 Å².